The highest BCUT2D eigenvalue weighted by Gasteiger charge is 2.19. The minimum atomic E-state index is -0.868. The van der Waals surface area contributed by atoms with Crippen molar-refractivity contribution in [1.29, 1.82) is 0 Å². The van der Waals surface area contributed by atoms with Crippen LogP contribution in [0.25, 0.3) is 10.9 Å². The largest absolute Gasteiger partial charge is 0.494 e. The number of carboxylic acids is 1. The highest BCUT2D eigenvalue weighted by atomic mass is 19.1. The van der Waals surface area contributed by atoms with E-state index in [2.05, 4.69) is 9.88 Å². The second kappa shape index (κ2) is 13.2. The fourth-order valence-electron chi connectivity index (χ4n) is 4.64. The van der Waals surface area contributed by atoms with Gasteiger partial charge in [-0.15, -0.1) is 0 Å². The zero-order valence-corrected chi connectivity index (χ0v) is 23.5. The number of carboxylic acid groups (broad SMARTS) is 1. The molecule has 8 nitrogen and oxygen atoms in total. The lowest BCUT2D eigenvalue weighted by Crippen LogP contribution is -2.26. The second-order valence-electron chi connectivity index (χ2n) is 10.3. The monoisotopic (exact) mass is 558 g/mol. The van der Waals surface area contributed by atoms with Gasteiger partial charge in [0.05, 0.1) is 22.5 Å². The Morgan fingerprint density at radius 3 is 2.29 bits per heavy atom. The minimum absolute atomic E-state index is 0.0223. The lowest BCUT2D eigenvalue weighted by atomic mass is 9.98. The number of unbranched alkanes of at least 4 members (excludes halogenated alkanes) is 1. The van der Waals surface area contributed by atoms with E-state index in [1.54, 1.807) is 30.1 Å². The van der Waals surface area contributed by atoms with E-state index >= 15 is 0 Å². The number of aryl methyl sites for hydroxylation is 1. The van der Waals surface area contributed by atoms with Gasteiger partial charge in [0.1, 0.15) is 5.82 Å². The van der Waals surface area contributed by atoms with E-state index in [-0.39, 0.29) is 18.2 Å². The third-order valence-corrected chi connectivity index (χ3v) is 6.93. The highest BCUT2D eigenvalue weighted by Crippen LogP contribution is 2.32. The molecule has 41 heavy (non-hydrogen) atoms. The SMILES string of the molecule is CN(C)CCCCC(=O)N(C)c1ccc(N=C(c2ccc(CCC(=O)O)cc2)c2c(O)[nH]c3cc(F)ccc23)cc1. The molecule has 0 fully saturated rings. The summed E-state index contributed by atoms with van der Waals surface area (Å²) < 4.78 is 13.9. The Morgan fingerprint density at radius 2 is 1.63 bits per heavy atom. The van der Waals surface area contributed by atoms with Crippen molar-refractivity contribution in [3.63, 3.8) is 0 Å². The van der Waals surface area contributed by atoms with Crippen LogP contribution in [0, 0.1) is 5.82 Å². The van der Waals surface area contributed by atoms with Crippen molar-refractivity contribution in [2.45, 2.75) is 32.1 Å². The van der Waals surface area contributed by atoms with Crippen molar-refractivity contribution in [2.75, 3.05) is 32.6 Å². The first-order chi connectivity index (χ1) is 19.6. The molecule has 0 saturated carbocycles. The van der Waals surface area contributed by atoms with E-state index in [4.69, 9.17) is 10.1 Å². The molecule has 4 aromatic rings. The van der Waals surface area contributed by atoms with E-state index in [0.29, 0.717) is 46.3 Å². The molecule has 0 bridgehead atoms. The van der Waals surface area contributed by atoms with Crippen molar-refractivity contribution in [3.05, 3.63) is 89.2 Å². The van der Waals surface area contributed by atoms with Crippen molar-refractivity contribution < 1.29 is 24.2 Å². The third kappa shape index (κ3) is 7.58. The molecule has 0 unspecified atom stereocenters. The number of H-pyrrole nitrogens is 1. The summed E-state index contributed by atoms with van der Waals surface area (Å²) in [5, 5.41) is 20.5. The lowest BCUT2D eigenvalue weighted by Gasteiger charge is -2.18. The second-order valence-corrected chi connectivity index (χ2v) is 10.3. The van der Waals surface area contributed by atoms with Crippen molar-refractivity contribution in [3.8, 4) is 5.88 Å². The smallest absolute Gasteiger partial charge is 0.303 e. The van der Waals surface area contributed by atoms with Gasteiger partial charge in [0.25, 0.3) is 0 Å². The van der Waals surface area contributed by atoms with Gasteiger partial charge in [-0.25, -0.2) is 9.38 Å². The third-order valence-electron chi connectivity index (χ3n) is 6.93. The quantitative estimate of drug-likeness (QED) is 0.148. The standard InChI is InChI=1S/C32H35FN4O4/c1-36(2)19-5-4-6-28(38)37(3)25-15-13-24(14-16-25)34-31(22-10-7-21(8-11-22)9-18-29(39)40)30-26-17-12-23(33)20-27(26)35-32(30)41/h7-8,10-17,20,35,41H,4-6,9,18-19H2,1-3H3,(H,39,40). The van der Waals surface area contributed by atoms with Crippen LogP contribution in [0.1, 0.15) is 42.4 Å². The molecule has 3 aromatic carbocycles. The first kappa shape index (κ1) is 29.5. The van der Waals surface area contributed by atoms with E-state index in [0.717, 1.165) is 30.6 Å². The molecular formula is C32H35FN4O4. The van der Waals surface area contributed by atoms with Crippen LogP contribution in [0.15, 0.2) is 71.7 Å². The molecule has 0 aliphatic carbocycles. The number of hydrogen-bond donors (Lipinski definition) is 3. The van der Waals surface area contributed by atoms with Gasteiger partial charge in [0, 0.05) is 36.5 Å². The average molecular weight is 559 g/mol. The molecule has 0 atom stereocenters. The summed E-state index contributed by atoms with van der Waals surface area (Å²) in [6, 6.07) is 18.8. The average Bonchev–Trinajstić information content (AvgIpc) is 3.27. The molecule has 0 spiro atoms. The number of anilines is 1. The maximum Gasteiger partial charge on any atom is 0.303 e. The number of fused-ring (bicyclic) bond motifs is 1. The molecule has 1 heterocycles. The van der Waals surface area contributed by atoms with E-state index in [9.17, 15) is 19.1 Å². The van der Waals surface area contributed by atoms with Gasteiger partial charge in [-0.2, -0.15) is 0 Å². The van der Waals surface area contributed by atoms with E-state index in [1.807, 2.05) is 50.5 Å². The van der Waals surface area contributed by atoms with Crippen LogP contribution in [0.4, 0.5) is 15.8 Å². The molecule has 214 valence electrons. The number of rotatable bonds is 12. The molecule has 0 aliphatic heterocycles. The van der Waals surface area contributed by atoms with Gasteiger partial charge < -0.3 is 25.0 Å². The topological polar surface area (TPSA) is 109 Å². The van der Waals surface area contributed by atoms with Gasteiger partial charge in [0.15, 0.2) is 5.88 Å². The molecular weight excluding hydrogens is 523 g/mol. The van der Waals surface area contributed by atoms with Crippen molar-refractivity contribution in [1.82, 2.24) is 9.88 Å². The Hall–Kier alpha value is -4.50. The Kier molecular flexibility index (Phi) is 9.52. The van der Waals surface area contributed by atoms with Gasteiger partial charge in [0.2, 0.25) is 5.91 Å². The van der Waals surface area contributed by atoms with Crippen LogP contribution in [0.5, 0.6) is 5.88 Å². The number of hydrogen-bond acceptors (Lipinski definition) is 5. The summed E-state index contributed by atoms with van der Waals surface area (Å²) in [4.78, 5) is 35.1. The maximum absolute atomic E-state index is 13.9. The van der Waals surface area contributed by atoms with Crippen LogP contribution < -0.4 is 4.90 Å². The fourth-order valence-corrected chi connectivity index (χ4v) is 4.64. The van der Waals surface area contributed by atoms with Crippen molar-refractivity contribution in [2.24, 2.45) is 4.99 Å². The number of amides is 1. The summed E-state index contributed by atoms with van der Waals surface area (Å²) in [6.45, 7) is 0.942. The summed E-state index contributed by atoms with van der Waals surface area (Å²) in [7, 11) is 5.79. The molecule has 1 aromatic heterocycles. The fraction of sp³-hybridized carbons (Fsp3) is 0.281. The number of aromatic nitrogens is 1. The first-order valence-electron chi connectivity index (χ1n) is 13.5. The normalized spacial score (nSPS) is 11.8. The highest BCUT2D eigenvalue weighted by molar-refractivity contribution is 6.21. The maximum atomic E-state index is 13.9. The predicted molar refractivity (Wildman–Crippen MR) is 160 cm³/mol. The summed E-state index contributed by atoms with van der Waals surface area (Å²) >= 11 is 0. The number of aliphatic carboxylic acids is 1. The predicted octanol–water partition coefficient (Wildman–Crippen LogP) is 5.89. The lowest BCUT2D eigenvalue weighted by molar-refractivity contribution is -0.137. The van der Waals surface area contributed by atoms with Crippen LogP contribution in [0.3, 0.4) is 0 Å². The molecule has 0 aliphatic rings. The number of aromatic amines is 1. The van der Waals surface area contributed by atoms with Crippen LogP contribution in [-0.2, 0) is 16.0 Å². The molecule has 0 radical (unpaired) electrons. The zero-order chi connectivity index (χ0) is 29.5. The van der Waals surface area contributed by atoms with Gasteiger partial charge in [-0.05, 0) is 87.9 Å². The van der Waals surface area contributed by atoms with Crippen LogP contribution in [-0.4, -0.2) is 65.4 Å². The van der Waals surface area contributed by atoms with E-state index < -0.39 is 11.8 Å². The van der Waals surface area contributed by atoms with Gasteiger partial charge >= 0.3 is 5.97 Å². The Bertz CT molecular complexity index is 1540. The molecule has 0 saturated heterocycles. The zero-order valence-electron chi connectivity index (χ0n) is 23.5. The Labute approximate surface area is 238 Å². The van der Waals surface area contributed by atoms with Crippen LogP contribution in [0.2, 0.25) is 0 Å². The van der Waals surface area contributed by atoms with Gasteiger partial charge in [-0.1, -0.05) is 24.3 Å². The summed E-state index contributed by atoms with van der Waals surface area (Å²) in [6.07, 6.45) is 2.66. The number of carbonyl (C=O) groups excluding carboxylic acids is 1. The van der Waals surface area contributed by atoms with E-state index in [1.165, 1.54) is 12.1 Å². The van der Waals surface area contributed by atoms with Gasteiger partial charge in [-0.3, -0.25) is 9.59 Å². The summed E-state index contributed by atoms with van der Waals surface area (Å²) in [5.41, 5.74) is 4.22. The number of aliphatic imine (C=N–C) groups is 1. The van der Waals surface area contributed by atoms with Crippen molar-refractivity contribution >= 4 is 39.9 Å². The number of nitrogens with one attached hydrogen (secondary N) is 1. The van der Waals surface area contributed by atoms with Crippen LogP contribution >= 0.6 is 0 Å². The number of benzene rings is 3. The minimum Gasteiger partial charge on any atom is -0.494 e. The number of carbonyl (C=O) groups is 2. The number of aromatic hydroxyl groups is 1. The molecule has 1 amide bonds. The number of nitrogens with zero attached hydrogens (tertiary/aromatic N) is 3. The Balaban J connectivity index is 1.65. The molecule has 3 N–H and O–H groups in total. The molecule has 4 rings (SSSR count). The first-order valence-corrected chi connectivity index (χ1v) is 13.5. The number of halogens is 1. The summed E-state index contributed by atoms with van der Waals surface area (Å²) in [5.74, 6) is -1.40. The molecule has 9 heteroatoms. The Morgan fingerprint density at radius 1 is 0.927 bits per heavy atom.